The van der Waals surface area contributed by atoms with E-state index in [1.807, 2.05) is 12.4 Å². The molecule has 2 heterocycles. The van der Waals surface area contributed by atoms with E-state index < -0.39 is 0 Å². The van der Waals surface area contributed by atoms with Gasteiger partial charge in [-0.1, -0.05) is 0 Å². The van der Waals surface area contributed by atoms with Crippen LogP contribution in [0.2, 0.25) is 0 Å². The first-order valence-corrected chi connectivity index (χ1v) is 5.21. The highest BCUT2D eigenvalue weighted by molar-refractivity contribution is 7.80. The summed E-state index contributed by atoms with van der Waals surface area (Å²) in [6.45, 7) is 2.25. The van der Waals surface area contributed by atoms with Crippen molar-refractivity contribution in [2.75, 3.05) is 18.0 Å². The van der Waals surface area contributed by atoms with Crippen molar-refractivity contribution in [3.8, 4) is 0 Å². The minimum atomic E-state index is 0.595. The Bertz CT molecular complexity index is 255. The normalized spacial score (nSPS) is 19.0. The van der Waals surface area contributed by atoms with Crippen molar-refractivity contribution in [2.24, 2.45) is 0 Å². The number of hydrogen-bond acceptors (Lipinski definition) is 3. The average molecular weight is 194 g/mol. The topological polar surface area (TPSA) is 16.1 Å². The zero-order chi connectivity index (χ0) is 9.10. The van der Waals surface area contributed by atoms with Crippen LogP contribution in [0.15, 0.2) is 24.5 Å². The molecule has 1 fully saturated rings. The van der Waals surface area contributed by atoms with E-state index in [0.29, 0.717) is 5.25 Å². The van der Waals surface area contributed by atoms with Crippen molar-refractivity contribution in [1.29, 1.82) is 0 Å². The molecule has 1 aromatic heterocycles. The molecule has 1 saturated heterocycles. The van der Waals surface area contributed by atoms with Gasteiger partial charge in [0.2, 0.25) is 0 Å². The Balaban J connectivity index is 2.03. The number of nitrogens with zero attached hydrogens (tertiary/aromatic N) is 2. The lowest BCUT2D eigenvalue weighted by Gasteiger charge is -2.31. The van der Waals surface area contributed by atoms with Crippen LogP contribution in [-0.4, -0.2) is 23.3 Å². The highest BCUT2D eigenvalue weighted by Crippen LogP contribution is 2.20. The Morgan fingerprint density at radius 1 is 1.23 bits per heavy atom. The molecule has 1 aliphatic heterocycles. The molecule has 0 saturated carbocycles. The van der Waals surface area contributed by atoms with Crippen molar-refractivity contribution in [2.45, 2.75) is 18.1 Å². The van der Waals surface area contributed by atoms with Gasteiger partial charge in [0.1, 0.15) is 0 Å². The zero-order valence-electron chi connectivity index (χ0n) is 7.56. The Hall–Kier alpha value is -0.700. The number of rotatable bonds is 1. The first-order valence-electron chi connectivity index (χ1n) is 4.69. The Morgan fingerprint density at radius 3 is 2.46 bits per heavy atom. The summed E-state index contributed by atoms with van der Waals surface area (Å²) in [5.41, 5.74) is 1.29. The maximum atomic E-state index is 4.48. The molecule has 1 aromatic rings. The molecule has 0 amide bonds. The molecule has 0 aromatic carbocycles. The SMILES string of the molecule is SC1CCN(c2ccncc2)CC1. The number of anilines is 1. The van der Waals surface area contributed by atoms with Gasteiger partial charge in [-0.2, -0.15) is 12.6 Å². The molecule has 0 spiro atoms. The van der Waals surface area contributed by atoms with Crippen LogP contribution in [0.4, 0.5) is 5.69 Å². The monoisotopic (exact) mass is 194 g/mol. The van der Waals surface area contributed by atoms with Gasteiger partial charge in [-0.15, -0.1) is 0 Å². The smallest absolute Gasteiger partial charge is 0.0397 e. The number of thiol groups is 1. The largest absolute Gasteiger partial charge is 0.371 e. The molecule has 0 atom stereocenters. The van der Waals surface area contributed by atoms with E-state index >= 15 is 0 Å². The summed E-state index contributed by atoms with van der Waals surface area (Å²) in [7, 11) is 0. The van der Waals surface area contributed by atoms with Gasteiger partial charge >= 0.3 is 0 Å². The van der Waals surface area contributed by atoms with Gasteiger partial charge in [0.05, 0.1) is 0 Å². The van der Waals surface area contributed by atoms with Crippen LogP contribution >= 0.6 is 12.6 Å². The fourth-order valence-corrected chi connectivity index (χ4v) is 1.91. The van der Waals surface area contributed by atoms with E-state index in [1.165, 1.54) is 18.5 Å². The maximum absolute atomic E-state index is 4.48. The lowest BCUT2D eigenvalue weighted by atomic mass is 10.1. The van der Waals surface area contributed by atoms with E-state index in [9.17, 15) is 0 Å². The Kier molecular flexibility index (Phi) is 2.74. The van der Waals surface area contributed by atoms with Gasteiger partial charge in [-0.05, 0) is 25.0 Å². The first kappa shape index (κ1) is 8.88. The molecular formula is C10H14N2S. The molecule has 0 aliphatic carbocycles. The predicted octanol–water partition coefficient (Wildman–Crippen LogP) is 1.98. The number of hydrogen-bond donors (Lipinski definition) is 1. The van der Waals surface area contributed by atoms with Crippen LogP contribution in [-0.2, 0) is 0 Å². The van der Waals surface area contributed by atoms with Gasteiger partial charge in [-0.3, -0.25) is 4.98 Å². The summed E-state index contributed by atoms with van der Waals surface area (Å²) in [6.07, 6.45) is 6.07. The van der Waals surface area contributed by atoms with Gasteiger partial charge in [-0.25, -0.2) is 0 Å². The van der Waals surface area contributed by atoms with E-state index in [0.717, 1.165) is 13.1 Å². The van der Waals surface area contributed by atoms with Crippen molar-refractivity contribution >= 4 is 18.3 Å². The zero-order valence-corrected chi connectivity index (χ0v) is 8.45. The van der Waals surface area contributed by atoms with Crippen LogP contribution in [0.1, 0.15) is 12.8 Å². The summed E-state index contributed by atoms with van der Waals surface area (Å²) < 4.78 is 0. The van der Waals surface area contributed by atoms with Crippen molar-refractivity contribution in [3.63, 3.8) is 0 Å². The van der Waals surface area contributed by atoms with E-state index in [2.05, 4.69) is 34.6 Å². The summed E-state index contributed by atoms with van der Waals surface area (Å²) in [6, 6.07) is 4.14. The van der Waals surface area contributed by atoms with E-state index in [4.69, 9.17) is 0 Å². The molecule has 3 heteroatoms. The van der Waals surface area contributed by atoms with Crippen LogP contribution in [0.5, 0.6) is 0 Å². The Morgan fingerprint density at radius 2 is 1.85 bits per heavy atom. The summed E-state index contributed by atoms with van der Waals surface area (Å²) >= 11 is 4.48. The molecular weight excluding hydrogens is 180 g/mol. The fourth-order valence-electron chi connectivity index (χ4n) is 1.68. The third-order valence-corrected chi connectivity index (χ3v) is 3.01. The second kappa shape index (κ2) is 4.01. The lowest BCUT2D eigenvalue weighted by molar-refractivity contribution is 0.593. The van der Waals surface area contributed by atoms with Crippen LogP contribution in [0, 0.1) is 0 Å². The quantitative estimate of drug-likeness (QED) is 0.688. The number of pyridine rings is 1. The summed E-state index contributed by atoms with van der Waals surface area (Å²) in [5.74, 6) is 0. The minimum Gasteiger partial charge on any atom is -0.371 e. The van der Waals surface area contributed by atoms with E-state index in [-0.39, 0.29) is 0 Å². The molecule has 1 aliphatic rings. The van der Waals surface area contributed by atoms with Gasteiger partial charge in [0, 0.05) is 36.4 Å². The van der Waals surface area contributed by atoms with E-state index in [1.54, 1.807) is 0 Å². The lowest BCUT2D eigenvalue weighted by Crippen LogP contribution is -2.33. The highest BCUT2D eigenvalue weighted by atomic mass is 32.1. The molecule has 0 unspecified atom stereocenters. The summed E-state index contributed by atoms with van der Waals surface area (Å²) in [4.78, 5) is 6.41. The number of piperidine rings is 1. The average Bonchev–Trinajstić information content (AvgIpc) is 2.20. The van der Waals surface area contributed by atoms with Gasteiger partial charge in [0.25, 0.3) is 0 Å². The predicted molar refractivity (Wildman–Crippen MR) is 58.5 cm³/mol. The van der Waals surface area contributed by atoms with Crippen LogP contribution in [0.3, 0.4) is 0 Å². The van der Waals surface area contributed by atoms with Crippen molar-refractivity contribution in [1.82, 2.24) is 4.98 Å². The molecule has 0 N–H and O–H groups in total. The third-order valence-electron chi connectivity index (χ3n) is 2.49. The molecule has 0 radical (unpaired) electrons. The second-order valence-corrected chi connectivity index (χ2v) is 4.15. The Labute approximate surface area is 84.4 Å². The third kappa shape index (κ3) is 2.15. The molecule has 70 valence electrons. The second-order valence-electron chi connectivity index (χ2n) is 3.42. The molecule has 2 nitrogen and oxygen atoms in total. The first-order chi connectivity index (χ1) is 6.36. The van der Waals surface area contributed by atoms with Gasteiger partial charge in [0.15, 0.2) is 0 Å². The highest BCUT2D eigenvalue weighted by Gasteiger charge is 2.15. The van der Waals surface area contributed by atoms with Gasteiger partial charge < -0.3 is 4.90 Å². The maximum Gasteiger partial charge on any atom is 0.0397 e. The number of aromatic nitrogens is 1. The molecule has 13 heavy (non-hydrogen) atoms. The van der Waals surface area contributed by atoms with Crippen LogP contribution in [0.25, 0.3) is 0 Å². The fraction of sp³-hybridized carbons (Fsp3) is 0.500. The van der Waals surface area contributed by atoms with Crippen molar-refractivity contribution in [3.05, 3.63) is 24.5 Å². The summed E-state index contributed by atoms with van der Waals surface area (Å²) in [5, 5.41) is 0.595. The van der Waals surface area contributed by atoms with Crippen molar-refractivity contribution < 1.29 is 0 Å². The minimum absolute atomic E-state index is 0.595. The van der Waals surface area contributed by atoms with Crippen LogP contribution < -0.4 is 4.90 Å². The molecule has 2 rings (SSSR count). The standard InChI is InChI=1S/C10H14N2S/c13-10-3-7-12(8-4-10)9-1-5-11-6-2-9/h1-2,5-6,10,13H,3-4,7-8H2. The molecule has 0 bridgehead atoms.